The van der Waals surface area contributed by atoms with Crippen molar-refractivity contribution in [3.63, 3.8) is 0 Å². The molecule has 1 amide bonds. The van der Waals surface area contributed by atoms with E-state index < -0.39 is 28.9 Å². The number of anilines is 1. The lowest BCUT2D eigenvalue weighted by atomic mass is 10.1. The first-order valence-electron chi connectivity index (χ1n) is 8.02. The molecule has 140 valence electrons. The Kier molecular flexibility index (Phi) is 4.73. The van der Waals surface area contributed by atoms with E-state index in [4.69, 9.17) is 0 Å². The van der Waals surface area contributed by atoms with Crippen LogP contribution in [0, 0.1) is 5.82 Å². The van der Waals surface area contributed by atoms with Crippen LogP contribution in [0.15, 0.2) is 53.5 Å². The van der Waals surface area contributed by atoms with Crippen LogP contribution in [0.3, 0.4) is 0 Å². The monoisotopic (exact) mass is 378 g/mol. The number of rotatable bonds is 3. The van der Waals surface area contributed by atoms with Crippen LogP contribution in [-0.2, 0) is 12.7 Å². The molecule has 0 saturated heterocycles. The molecule has 0 bridgehead atoms. The number of alkyl halides is 3. The Morgan fingerprint density at radius 1 is 1.15 bits per heavy atom. The molecule has 0 radical (unpaired) electrons. The average Bonchev–Trinajstić information content (AvgIpc) is 2.61. The Bertz CT molecular complexity index is 1090. The number of benzene rings is 2. The van der Waals surface area contributed by atoms with Crippen LogP contribution in [0.1, 0.15) is 22.8 Å². The van der Waals surface area contributed by atoms with E-state index in [0.717, 1.165) is 18.2 Å². The molecule has 8 heteroatoms. The van der Waals surface area contributed by atoms with Gasteiger partial charge in [0, 0.05) is 23.8 Å². The van der Waals surface area contributed by atoms with Gasteiger partial charge in [-0.2, -0.15) is 13.2 Å². The first-order valence-corrected chi connectivity index (χ1v) is 8.02. The molecule has 3 aromatic rings. The minimum Gasteiger partial charge on any atom is -0.347 e. The highest BCUT2D eigenvalue weighted by Crippen LogP contribution is 2.30. The Morgan fingerprint density at radius 3 is 2.52 bits per heavy atom. The van der Waals surface area contributed by atoms with E-state index >= 15 is 0 Å². The van der Waals surface area contributed by atoms with Gasteiger partial charge in [-0.25, -0.2) is 4.39 Å². The van der Waals surface area contributed by atoms with Crippen molar-refractivity contribution < 1.29 is 22.4 Å². The third-order valence-corrected chi connectivity index (χ3v) is 4.08. The third kappa shape index (κ3) is 3.69. The van der Waals surface area contributed by atoms with Crippen LogP contribution < -0.4 is 10.7 Å². The number of aromatic nitrogens is 1. The molecule has 0 aliphatic carbocycles. The second kappa shape index (κ2) is 6.86. The summed E-state index contributed by atoms with van der Waals surface area (Å²) in [5.41, 5.74) is -1.70. The summed E-state index contributed by atoms with van der Waals surface area (Å²) in [5.74, 6) is -1.40. The van der Waals surface area contributed by atoms with Crippen molar-refractivity contribution in [2.24, 2.45) is 0 Å². The van der Waals surface area contributed by atoms with E-state index in [1.54, 1.807) is 6.92 Å². The molecule has 0 saturated carbocycles. The second-order valence-corrected chi connectivity index (χ2v) is 5.85. The van der Waals surface area contributed by atoms with Gasteiger partial charge in [0.05, 0.1) is 11.1 Å². The van der Waals surface area contributed by atoms with Crippen molar-refractivity contribution in [1.82, 2.24) is 4.57 Å². The number of hydrogen-bond acceptors (Lipinski definition) is 2. The Balaban J connectivity index is 2.13. The van der Waals surface area contributed by atoms with Crippen molar-refractivity contribution in [2.75, 3.05) is 5.32 Å². The number of fused-ring (bicyclic) bond motifs is 1. The lowest BCUT2D eigenvalue weighted by Gasteiger charge is -2.14. The number of nitrogens with zero attached hydrogens (tertiary/aromatic N) is 1. The van der Waals surface area contributed by atoms with Crippen LogP contribution in [0.5, 0.6) is 0 Å². The Morgan fingerprint density at radius 2 is 1.89 bits per heavy atom. The number of amides is 1. The topological polar surface area (TPSA) is 51.1 Å². The van der Waals surface area contributed by atoms with Gasteiger partial charge in [-0.3, -0.25) is 9.59 Å². The maximum absolute atomic E-state index is 13.3. The SMILES string of the molecule is CCn1cc(C(=O)Nc2cccc(F)c2)c(=O)c2cc(C(F)(F)F)ccc21. The van der Waals surface area contributed by atoms with Gasteiger partial charge in [0.15, 0.2) is 0 Å². The molecule has 0 aliphatic rings. The highest BCUT2D eigenvalue weighted by Gasteiger charge is 2.31. The zero-order valence-corrected chi connectivity index (χ0v) is 14.1. The van der Waals surface area contributed by atoms with Crippen molar-refractivity contribution in [3.05, 3.63) is 75.8 Å². The summed E-state index contributed by atoms with van der Waals surface area (Å²) in [5, 5.41) is 2.18. The zero-order chi connectivity index (χ0) is 19.8. The standard InChI is InChI=1S/C19H14F4N2O2/c1-2-25-10-15(18(27)24-13-5-3-4-12(20)9-13)17(26)14-8-11(19(21,22)23)6-7-16(14)25/h3-10H,2H2,1H3,(H,24,27). The zero-order valence-electron chi connectivity index (χ0n) is 14.1. The molecule has 1 aromatic heterocycles. The van der Waals surface area contributed by atoms with E-state index in [0.29, 0.717) is 6.54 Å². The van der Waals surface area contributed by atoms with Gasteiger partial charge >= 0.3 is 6.18 Å². The fraction of sp³-hybridized carbons (Fsp3) is 0.158. The highest BCUT2D eigenvalue weighted by atomic mass is 19.4. The summed E-state index contributed by atoms with van der Waals surface area (Å²) in [4.78, 5) is 25.1. The van der Waals surface area contributed by atoms with Crippen LogP contribution in [0.2, 0.25) is 0 Å². The smallest absolute Gasteiger partial charge is 0.347 e. The molecule has 2 aromatic carbocycles. The number of carbonyl (C=O) groups is 1. The summed E-state index contributed by atoms with van der Waals surface area (Å²) in [7, 11) is 0. The van der Waals surface area contributed by atoms with Crippen molar-refractivity contribution in [3.8, 4) is 0 Å². The number of pyridine rings is 1. The van der Waals surface area contributed by atoms with Gasteiger partial charge in [0.2, 0.25) is 5.43 Å². The Labute approximate surface area is 151 Å². The molecule has 27 heavy (non-hydrogen) atoms. The van der Waals surface area contributed by atoms with Crippen molar-refractivity contribution in [1.29, 1.82) is 0 Å². The van der Waals surface area contributed by atoms with Gasteiger partial charge in [-0.1, -0.05) is 6.07 Å². The van der Waals surface area contributed by atoms with Crippen molar-refractivity contribution >= 4 is 22.5 Å². The lowest BCUT2D eigenvalue weighted by Crippen LogP contribution is -2.24. The summed E-state index contributed by atoms with van der Waals surface area (Å²) in [6.45, 7) is 2.07. The van der Waals surface area contributed by atoms with E-state index in [1.807, 2.05) is 0 Å². The lowest BCUT2D eigenvalue weighted by molar-refractivity contribution is -0.137. The molecule has 0 spiro atoms. The maximum atomic E-state index is 13.3. The summed E-state index contributed by atoms with van der Waals surface area (Å²) in [6, 6.07) is 7.90. The molecule has 3 rings (SSSR count). The number of aryl methyl sites for hydroxylation is 1. The highest BCUT2D eigenvalue weighted by molar-refractivity contribution is 6.05. The number of carbonyl (C=O) groups excluding carboxylic acids is 1. The quantitative estimate of drug-likeness (QED) is 0.686. The number of hydrogen-bond donors (Lipinski definition) is 1. The van der Waals surface area contributed by atoms with E-state index in [-0.39, 0.29) is 22.2 Å². The summed E-state index contributed by atoms with van der Waals surface area (Å²) >= 11 is 0. The fourth-order valence-corrected chi connectivity index (χ4v) is 2.76. The number of halogens is 4. The normalized spacial score (nSPS) is 11.6. The predicted octanol–water partition coefficient (Wildman–Crippen LogP) is 4.43. The Hall–Kier alpha value is -3.16. The van der Waals surface area contributed by atoms with Gasteiger partial charge in [0.1, 0.15) is 11.4 Å². The molecule has 0 atom stereocenters. The largest absolute Gasteiger partial charge is 0.416 e. The van der Waals surface area contributed by atoms with E-state index in [1.165, 1.54) is 35.0 Å². The number of nitrogens with one attached hydrogen (secondary N) is 1. The second-order valence-electron chi connectivity index (χ2n) is 5.85. The van der Waals surface area contributed by atoms with Crippen LogP contribution >= 0.6 is 0 Å². The molecule has 0 unspecified atom stereocenters. The van der Waals surface area contributed by atoms with Gasteiger partial charge in [0.25, 0.3) is 5.91 Å². The van der Waals surface area contributed by atoms with E-state index in [2.05, 4.69) is 5.32 Å². The van der Waals surface area contributed by atoms with Crippen LogP contribution in [0.4, 0.5) is 23.2 Å². The molecule has 4 nitrogen and oxygen atoms in total. The molecular weight excluding hydrogens is 364 g/mol. The summed E-state index contributed by atoms with van der Waals surface area (Å²) in [6.07, 6.45) is -3.33. The minimum atomic E-state index is -4.61. The predicted molar refractivity (Wildman–Crippen MR) is 93.2 cm³/mol. The van der Waals surface area contributed by atoms with Gasteiger partial charge < -0.3 is 9.88 Å². The van der Waals surface area contributed by atoms with Crippen LogP contribution in [0.25, 0.3) is 10.9 Å². The molecule has 0 fully saturated rings. The average molecular weight is 378 g/mol. The maximum Gasteiger partial charge on any atom is 0.416 e. The van der Waals surface area contributed by atoms with E-state index in [9.17, 15) is 27.2 Å². The molecular formula is C19H14F4N2O2. The first-order chi connectivity index (χ1) is 12.7. The summed E-state index contributed by atoms with van der Waals surface area (Å²) < 4.78 is 53.7. The molecule has 1 N–H and O–H groups in total. The third-order valence-electron chi connectivity index (χ3n) is 4.08. The van der Waals surface area contributed by atoms with Crippen LogP contribution in [-0.4, -0.2) is 10.5 Å². The first kappa shape index (κ1) is 18.6. The van der Waals surface area contributed by atoms with Gasteiger partial charge in [-0.05, 0) is 43.3 Å². The minimum absolute atomic E-state index is 0.131. The van der Waals surface area contributed by atoms with Crippen molar-refractivity contribution in [2.45, 2.75) is 19.6 Å². The molecule has 0 aliphatic heterocycles. The molecule has 1 heterocycles. The fourth-order valence-electron chi connectivity index (χ4n) is 2.76. The van der Waals surface area contributed by atoms with Gasteiger partial charge in [-0.15, -0.1) is 0 Å².